The van der Waals surface area contributed by atoms with Gasteiger partial charge in [0.2, 0.25) is 0 Å². The molecule has 0 spiro atoms. The number of carbonyl (C=O) groups excluding carboxylic acids is 1. The van der Waals surface area contributed by atoms with Crippen molar-refractivity contribution < 1.29 is 9.53 Å². The van der Waals surface area contributed by atoms with E-state index in [2.05, 4.69) is 11.9 Å². The molecule has 122 valence electrons. The van der Waals surface area contributed by atoms with Gasteiger partial charge >= 0.3 is 0 Å². The van der Waals surface area contributed by atoms with Gasteiger partial charge in [0.1, 0.15) is 5.75 Å². The second kappa shape index (κ2) is 9.09. The van der Waals surface area contributed by atoms with Crippen LogP contribution in [0.25, 0.3) is 0 Å². The summed E-state index contributed by atoms with van der Waals surface area (Å²) in [5, 5.41) is 0. The Balaban J connectivity index is 1.85. The number of ketones is 1. The van der Waals surface area contributed by atoms with Crippen LogP contribution in [0, 0.1) is 6.92 Å². The smallest absolute Gasteiger partial charge is 0.193 e. The number of carbonyl (C=O) groups is 1. The van der Waals surface area contributed by atoms with E-state index in [1.54, 1.807) is 12.3 Å². The van der Waals surface area contributed by atoms with Crippen molar-refractivity contribution in [1.29, 1.82) is 0 Å². The van der Waals surface area contributed by atoms with E-state index in [-0.39, 0.29) is 5.78 Å². The van der Waals surface area contributed by atoms with Crippen LogP contribution in [-0.4, -0.2) is 17.4 Å². The van der Waals surface area contributed by atoms with Crippen LogP contribution >= 0.6 is 0 Å². The zero-order valence-electron chi connectivity index (χ0n) is 14.0. The number of ether oxygens (including phenoxy) is 1. The lowest BCUT2D eigenvalue weighted by Gasteiger charge is -2.07. The van der Waals surface area contributed by atoms with Gasteiger partial charge < -0.3 is 4.74 Å². The molecule has 3 nitrogen and oxygen atoms in total. The molecule has 0 aliphatic rings. The van der Waals surface area contributed by atoms with Crippen LogP contribution in [0.15, 0.2) is 42.6 Å². The molecule has 1 aromatic heterocycles. The minimum Gasteiger partial charge on any atom is -0.494 e. The second-order valence-corrected chi connectivity index (χ2v) is 5.80. The molecule has 0 radical (unpaired) electrons. The van der Waals surface area contributed by atoms with Crippen molar-refractivity contribution in [3.8, 4) is 5.75 Å². The number of nitrogens with zero attached hydrogens (tertiary/aromatic N) is 1. The summed E-state index contributed by atoms with van der Waals surface area (Å²) in [4.78, 5) is 16.5. The number of aryl methyl sites for hydroxylation is 1. The molecular formula is C20H25NO2. The van der Waals surface area contributed by atoms with E-state index in [1.165, 1.54) is 25.7 Å². The average molecular weight is 311 g/mol. The Kier molecular flexibility index (Phi) is 6.79. The molecule has 0 amide bonds. The first kappa shape index (κ1) is 17.2. The van der Waals surface area contributed by atoms with Crippen molar-refractivity contribution >= 4 is 5.78 Å². The van der Waals surface area contributed by atoms with Crippen LogP contribution in [0.5, 0.6) is 5.75 Å². The summed E-state index contributed by atoms with van der Waals surface area (Å²) in [6.45, 7) is 4.83. The third kappa shape index (κ3) is 5.51. The van der Waals surface area contributed by atoms with E-state index in [9.17, 15) is 4.79 Å². The zero-order valence-corrected chi connectivity index (χ0v) is 14.0. The molecule has 0 fully saturated rings. The van der Waals surface area contributed by atoms with Gasteiger partial charge in [0.25, 0.3) is 0 Å². The predicted octanol–water partition coefficient (Wildman–Crippen LogP) is 4.97. The highest BCUT2D eigenvalue weighted by Crippen LogP contribution is 2.16. The van der Waals surface area contributed by atoms with E-state index < -0.39 is 0 Å². The van der Waals surface area contributed by atoms with Crippen LogP contribution in [0.2, 0.25) is 0 Å². The molecule has 2 aromatic rings. The van der Waals surface area contributed by atoms with E-state index >= 15 is 0 Å². The molecule has 1 aromatic carbocycles. The van der Waals surface area contributed by atoms with Crippen molar-refractivity contribution in [2.24, 2.45) is 0 Å². The Morgan fingerprint density at radius 1 is 1.00 bits per heavy atom. The minimum atomic E-state index is 0.0154. The maximum Gasteiger partial charge on any atom is 0.193 e. The van der Waals surface area contributed by atoms with E-state index in [4.69, 9.17) is 4.74 Å². The fraction of sp³-hybridized carbons (Fsp3) is 0.400. The predicted molar refractivity (Wildman–Crippen MR) is 93.1 cm³/mol. The summed E-state index contributed by atoms with van der Waals surface area (Å²) >= 11 is 0. The van der Waals surface area contributed by atoms with Crippen molar-refractivity contribution in [2.45, 2.75) is 46.0 Å². The molecule has 0 saturated carbocycles. The molecular weight excluding hydrogens is 286 g/mol. The van der Waals surface area contributed by atoms with Gasteiger partial charge in [-0.1, -0.05) is 32.6 Å². The van der Waals surface area contributed by atoms with Gasteiger partial charge in [-0.3, -0.25) is 9.78 Å². The maximum absolute atomic E-state index is 12.4. The summed E-state index contributed by atoms with van der Waals surface area (Å²) in [6, 6.07) is 10.9. The number of hydrogen-bond donors (Lipinski definition) is 0. The van der Waals surface area contributed by atoms with Crippen LogP contribution in [0.4, 0.5) is 0 Å². The van der Waals surface area contributed by atoms with Crippen molar-refractivity contribution in [3.05, 3.63) is 59.4 Å². The first-order chi connectivity index (χ1) is 11.2. The number of pyridine rings is 1. The zero-order chi connectivity index (χ0) is 16.5. The van der Waals surface area contributed by atoms with Crippen molar-refractivity contribution in [2.75, 3.05) is 6.61 Å². The topological polar surface area (TPSA) is 39.2 Å². The Bertz CT molecular complexity index is 620. The SMILES string of the molecule is CCCCCCCOc1ccc(C(=O)c2ccnc(C)c2)cc1. The summed E-state index contributed by atoms with van der Waals surface area (Å²) in [7, 11) is 0. The highest BCUT2D eigenvalue weighted by atomic mass is 16.5. The average Bonchev–Trinajstić information content (AvgIpc) is 2.58. The lowest BCUT2D eigenvalue weighted by molar-refractivity contribution is 0.103. The summed E-state index contributed by atoms with van der Waals surface area (Å²) in [5.74, 6) is 0.838. The van der Waals surface area contributed by atoms with Gasteiger partial charge in [0, 0.05) is 23.0 Å². The molecule has 0 atom stereocenters. The highest BCUT2D eigenvalue weighted by Gasteiger charge is 2.09. The molecule has 0 bridgehead atoms. The van der Waals surface area contributed by atoms with Gasteiger partial charge in [-0.2, -0.15) is 0 Å². The molecule has 0 saturated heterocycles. The van der Waals surface area contributed by atoms with Gasteiger partial charge in [0.15, 0.2) is 5.78 Å². The lowest BCUT2D eigenvalue weighted by atomic mass is 10.0. The Hall–Kier alpha value is -2.16. The monoisotopic (exact) mass is 311 g/mol. The number of hydrogen-bond acceptors (Lipinski definition) is 3. The van der Waals surface area contributed by atoms with Crippen LogP contribution in [0.3, 0.4) is 0 Å². The van der Waals surface area contributed by atoms with E-state index in [0.29, 0.717) is 11.1 Å². The Morgan fingerprint density at radius 2 is 1.74 bits per heavy atom. The maximum atomic E-state index is 12.4. The standard InChI is InChI=1S/C20H25NO2/c1-3-4-5-6-7-14-23-19-10-8-17(9-11-19)20(22)18-12-13-21-16(2)15-18/h8-13,15H,3-7,14H2,1-2H3. The third-order valence-electron chi connectivity index (χ3n) is 3.79. The highest BCUT2D eigenvalue weighted by molar-refractivity contribution is 6.09. The van der Waals surface area contributed by atoms with Crippen LogP contribution in [0.1, 0.15) is 60.6 Å². The third-order valence-corrected chi connectivity index (χ3v) is 3.79. The second-order valence-electron chi connectivity index (χ2n) is 5.80. The first-order valence-electron chi connectivity index (χ1n) is 8.41. The molecule has 2 rings (SSSR count). The van der Waals surface area contributed by atoms with Gasteiger partial charge in [-0.05, 0) is 49.7 Å². The Labute approximate surface area is 138 Å². The van der Waals surface area contributed by atoms with Crippen LogP contribution < -0.4 is 4.74 Å². The molecule has 0 unspecified atom stereocenters. The summed E-state index contributed by atoms with van der Waals surface area (Å²) in [5.41, 5.74) is 2.19. The van der Waals surface area contributed by atoms with Gasteiger partial charge in [0.05, 0.1) is 6.61 Å². The van der Waals surface area contributed by atoms with Crippen molar-refractivity contribution in [3.63, 3.8) is 0 Å². The molecule has 23 heavy (non-hydrogen) atoms. The van der Waals surface area contributed by atoms with Crippen molar-refractivity contribution in [1.82, 2.24) is 4.98 Å². The number of rotatable bonds is 9. The first-order valence-corrected chi connectivity index (χ1v) is 8.41. The van der Waals surface area contributed by atoms with Gasteiger partial charge in [-0.25, -0.2) is 0 Å². The van der Waals surface area contributed by atoms with E-state index in [1.807, 2.05) is 37.3 Å². The molecule has 1 heterocycles. The largest absolute Gasteiger partial charge is 0.494 e. The molecule has 0 N–H and O–H groups in total. The fourth-order valence-electron chi connectivity index (χ4n) is 2.45. The fourth-order valence-corrected chi connectivity index (χ4v) is 2.45. The lowest BCUT2D eigenvalue weighted by Crippen LogP contribution is -2.03. The molecule has 0 aliphatic heterocycles. The normalized spacial score (nSPS) is 10.5. The summed E-state index contributed by atoms with van der Waals surface area (Å²) in [6.07, 6.45) is 7.79. The Morgan fingerprint density at radius 3 is 2.43 bits per heavy atom. The molecule has 3 heteroatoms. The van der Waals surface area contributed by atoms with E-state index in [0.717, 1.165) is 24.5 Å². The molecule has 0 aliphatic carbocycles. The number of aromatic nitrogens is 1. The van der Waals surface area contributed by atoms with Gasteiger partial charge in [-0.15, -0.1) is 0 Å². The minimum absolute atomic E-state index is 0.0154. The quantitative estimate of drug-likeness (QED) is 0.485. The van der Waals surface area contributed by atoms with Crippen LogP contribution in [-0.2, 0) is 0 Å². The summed E-state index contributed by atoms with van der Waals surface area (Å²) < 4.78 is 5.72. The number of benzene rings is 1. The number of unbranched alkanes of at least 4 members (excludes halogenated alkanes) is 4.